The van der Waals surface area contributed by atoms with Crippen LogP contribution in [0.2, 0.25) is 0 Å². The average Bonchev–Trinajstić information content (AvgIpc) is 2.45. The molecule has 1 fully saturated rings. The molecule has 0 aromatic rings. The predicted molar refractivity (Wildman–Crippen MR) is 78.7 cm³/mol. The Morgan fingerprint density at radius 1 is 1.20 bits per heavy atom. The standard InChI is InChI=1S/C15H28N2O3/c1-4-12(3)17(11-14(18)19)15(20)16(5-2)13-9-7-6-8-10-13/h12-13H,4-11H2,1-3H3,(H,18,19). The zero-order valence-electron chi connectivity index (χ0n) is 13.0. The van der Waals surface area contributed by atoms with E-state index in [4.69, 9.17) is 5.11 Å². The maximum Gasteiger partial charge on any atom is 0.323 e. The van der Waals surface area contributed by atoms with Gasteiger partial charge in [-0.15, -0.1) is 0 Å². The number of carboxylic acids is 1. The molecule has 0 heterocycles. The largest absolute Gasteiger partial charge is 0.480 e. The Kier molecular flexibility index (Phi) is 6.82. The van der Waals surface area contributed by atoms with Gasteiger partial charge in [-0.25, -0.2) is 4.79 Å². The summed E-state index contributed by atoms with van der Waals surface area (Å²) in [5.41, 5.74) is 0. The summed E-state index contributed by atoms with van der Waals surface area (Å²) < 4.78 is 0. The topological polar surface area (TPSA) is 60.9 Å². The summed E-state index contributed by atoms with van der Waals surface area (Å²) in [6, 6.07) is 0.119. The van der Waals surface area contributed by atoms with Gasteiger partial charge in [0, 0.05) is 18.6 Å². The Bertz CT molecular complexity index is 327. The van der Waals surface area contributed by atoms with Gasteiger partial charge in [-0.1, -0.05) is 26.2 Å². The third-order valence-electron chi connectivity index (χ3n) is 4.28. The second-order valence-electron chi connectivity index (χ2n) is 5.64. The highest BCUT2D eigenvalue weighted by atomic mass is 16.4. The molecule has 0 bridgehead atoms. The van der Waals surface area contributed by atoms with Crippen LogP contribution in [0, 0.1) is 0 Å². The number of carbonyl (C=O) groups excluding carboxylic acids is 1. The molecule has 5 nitrogen and oxygen atoms in total. The normalized spacial score (nSPS) is 17.6. The first kappa shape index (κ1) is 16.8. The molecule has 1 N–H and O–H groups in total. The molecule has 0 saturated heterocycles. The molecule has 1 aliphatic carbocycles. The summed E-state index contributed by atoms with van der Waals surface area (Å²) in [6.07, 6.45) is 6.42. The summed E-state index contributed by atoms with van der Waals surface area (Å²) in [6.45, 7) is 6.30. The quantitative estimate of drug-likeness (QED) is 0.815. The number of urea groups is 1. The average molecular weight is 284 g/mol. The minimum Gasteiger partial charge on any atom is -0.480 e. The number of carbonyl (C=O) groups is 2. The molecule has 1 atom stereocenters. The number of carboxylic acid groups (broad SMARTS) is 1. The number of amides is 2. The highest BCUT2D eigenvalue weighted by Crippen LogP contribution is 2.24. The van der Waals surface area contributed by atoms with E-state index < -0.39 is 5.97 Å². The number of nitrogens with zero attached hydrogens (tertiary/aromatic N) is 2. The Balaban J connectivity index is 2.80. The van der Waals surface area contributed by atoms with Crippen molar-refractivity contribution in [3.8, 4) is 0 Å². The summed E-state index contributed by atoms with van der Waals surface area (Å²) in [5, 5.41) is 9.03. The molecule has 116 valence electrons. The second-order valence-corrected chi connectivity index (χ2v) is 5.64. The molecule has 1 saturated carbocycles. The zero-order chi connectivity index (χ0) is 15.1. The van der Waals surface area contributed by atoms with Gasteiger partial charge in [-0.05, 0) is 33.1 Å². The molecular formula is C15H28N2O3. The van der Waals surface area contributed by atoms with E-state index in [1.165, 1.54) is 11.3 Å². The van der Waals surface area contributed by atoms with Crippen LogP contribution in [-0.2, 0) is 4.79 Å². The van der Waals surface area contributed by atoms with Crippen molar-refractivity contribution in [2.75, 3.05) is 13.1 Å². The van der Waals surface area contributed by atoms with Crippen molar-refractivity contribution in [1.29, 1.82) is 0 Å². The number of aliphatic carboxylic acids is 1. The lowest BCUT2D eigenvalue weighted by molar-refractivity contribution is -0.138. The summed E-state index contributed by atoms with van der Waals surface area (Å²) in [7, 11) is 0. The Morgan fingerprint density at radius 2 is 1.80 bits per heavy atom. The van der Waals surface area contributed by atoms with Crippen molar-refractivity contribution in [3.05, 3.63) is 0 Å². The number of rotatable bonds is 6. The van der Waals surface area contributed by atoms with Gasteiger partial charge in [0.1, 0.15) is 6.54 Å². The van der Waals surface area contributed by atoms with E-state index >= 15 is 0 Å². The van der Waals surface area contributed by atoms with Gasteiger partial charge in [0.15, 0.2) is 0 Å². The smallest absolute Gasteiger partial charge is 0.323 e. The fraction of sp³-hybridized carbons (Fsp3) is 0.867. The van der Waals surface area contributed by atoms with Crippen molar-refractivity contribution in [1.82, 2.24) is 9.80 Å². The third kappa shape index (κ3) is 4.39. The van der Waals surface area contributed by atoms with Gasteiger partial charge in [0.25, 0.3) is 0 Å². The molecular weight excluding hydrogens is 256 g/mol. The summed E-state index contributed by atoms with van der Waals surface area (Å²) in [5.74, 6) is -0.946. The van der Waals surface area contributed by atoms with Crippen LogP contribution in [-0.4, -0.2) is 52.1 Å². The monoisotopic (exact) mass is 284 g/mol. The first-order chi connectivity index (χ1) is 9.51. The number of hydrogen-bond donors (Lipinski definition) is 1. The van der Waals surface area contributed by atoms with E-state index in [0.29, 0.717) is 6.54 Å². The molecule has 1 rings (SSSR count). The molecule has 2 amide bonds. The van der Waals surface area contributed by atoms with Crippen LogP contribution in [0.1, 0.15) is 59.3 Å². The maximum atomic E-state index is 12.7. The van der Waals surface area contributed by atoms with Gasteiger partial charge in [0.2, 0.25) is 0 Å². The van der Waals surface area contributed by atoms with Crippen LogP contribution in [0.3, 0.4) is 0 Å². The fourth-order valence-electron chi connectivity index (χ4n) is 2.89. The minimum atomic E-state index is -0.946. The van der Waals surface area contributed by atoms with Crippen LogP contribution in [0.25, 0.3) is 0 Å². The van der Waals surface area contributed by atoms with Crippen LogP contribution < -0.4 is 0 Å². The van der Waals surface area contributed by atoms with Crippen molar-refractivity contribution in [2.45, 2.75) is 71.4 Å². The minimum absolute atomic E-state index is 0.0451. The lowest BCUT2D eigenvalue weighted by Crippen LogP contribution is -2.52. The van der Waals surface area contributed by atoms with Gasteiger partial charge in [-0.2, -0.15) is 0 Å². The Hall–Kier alpha value is -1.26. The number of hydrogen-bond acceptors (Lipinski definition) is 2. The highest BCUT2D eigenvalue weighted by Gasteiger charge is 2.30. The van der Waals surface area contributed by atoms with Gasteiger partial charge >= 0.3 is 12.0 Å². The molecule has 0 aliphatic heterocycles. The molecule has 1 unspecified atom stereocenters. The Labute approximate surface area is 121 Å². The molecule has 1 aliphatic rings. The fourth-order valence-corrected chi connectivity index (χ4v) is 2.89. The van der Waals surface area contributed by atoms with Gasteiger partial charge in [0.05, 0.1) is 0 Å². The first-order valence-electron chi connectivity index (χ1n) is 7.80. The molecule has 0 aromatic heterocycles. The van der Waals surface area contributed by atoms with E-state index in [1.54, 1.807) is 0 Å². The summed E-state index contributed by atoms with van der Waals surface area (Å²) >= 11 is 0. The van der Waals surface area contributed by atoms with Crippen molar-refractivity contribution >= 4 is 12.0 Å². The van der Waals surface area contributed by atoms with Crippen LogP contribution >= 0.6 is 0 Å². The maximum absolute atomic E-state index is 12.7. The van der Waals surface area contributed by atoms with E-state index in [0.717, 1.165) is 32.1 Å². The van der Waals surface area contributed by atoms with Crippen LogP contribution in [0.4, 0.5) is 4.79 Å². The molecule has 0 radical (unpaired) electrons. The van der Waals surface area contributed by atoms with Crippen molar-refractivity contribution in [2.24, 2.45) is 0 Å². The molecule has 20 heavy (non-hydrogen) atoms. The third-order valence-corrected chi connectivity index (χ3v) is 4.28. The van der Waals surface area contributed by atoms with Crippen molar-refractivity contribution < 1.29 is 14.7 Å². The van der Waals surface area contributed by atoms with Crippen LogP contribution in [0.15, 0.2) is 0 Å². The molecule has 0 spiro atoms. The van der Waals surface area contributed by atoms with E-state index in [1.807, 2.05) is 25.7 Å². The van der Waals surface area contributed by atoms with E-state index in [-0.39, 0.29) is 24.7 Å². The first-order valence-corrected chi connectivity index (χ1v) is 7.80. The van der Waals surface area contributed by atoms with E-state index in [2.05, 4.69) is 0 Å². The van der Waals surface area contributed by atoms with Gasteiger partial charge in [-0.3, -0.25) is 4.79 Å². The lowest BCUT2D eigenvalue weighted by Gasteiger charge is -2.38. The zero-order valence-corrected chi connectivity index (χ0v) is 13.0. The SMILES string of the molecule is CCC(C)N(CC(=O)O)C(=O)N(CC)C1CCCCC1. The van der Waals surface area contributed by atoms with Crippen LogP contribution in [0.5, 0.6) is 0 Å². The highest BCUT2D eigenvalue weighted by molar-refractivity contribution is 5.80. The second kappa shape index (κ2) is 8.12. The van der Waals surface area contributed by atoms with Gasteiger partial charge < -0.3 is 14.9 Å². The molecule has 0 aromatic carbocycles. The Morgan fingerprint density at radius 3 is 2.25 bits per heavy atom. The summed E-state index contributed by atoms with van der Waals surface area (Å²) in [4.78, 5) is 27.1. The van der Waals surface area contributed by atoms with E-state index in [9.17, 15) is 9.59 Å². The van der Waals surface area contributed by atoms with Crippen molar-refractivity contribution in [3.63, 3.8) is 0 Å². The lowest BCUT2D eigenvalue weighted by atomic mass is 9.94. The predicted octanol–water partition coefficient (Wildman–Crippen LogP) is 2.95. The molecule has 5 heteroatoms.